The van der Waals surface area contributed by atoms with Crippen molar-refractivity contribution in [1.29, 1.82) is 0 Å². The summed E-state index contributed by atoms with van der Waals surface area (Å²) in [4.78, 5) is 39.2. The fourth-order valence-electron chi connectivity index (χ4n) is 2.61. The van der Waals surface area contributed by atoms with Crippen LogP contribution in [0.5, 0.6) is 0 Å². The molecule has 0 bridgehead atoms. The van der Waals surface area contributed by atoms with Crippen molar-refractivity contribution >= 4 is 35.2 Å². The minimum absolute atomic E-state index is 0.0142. The quantitative estimate of drug-likeness (QED) is 0.665. The second-order valence-corrected chi connectivity index (χ2v) is 7.00. The van der Waals surface area contributed by atoms with E-state index >= 15 is 0 Å². The van der Waals surface area contributed by atoms with Gasteiger partial charge in [-0.25, -0.2) is 4.39 Å². The van der Waals surface area contributed by atoms with Gasteiger partial charge in [-0.2, -0.15) is 0 Å². The lowest BCUT2D eigenvalue weighted by Gasteiger charge is -2.34. The Morgan fingerprint density at radius 3 is 2.41 bits per heavy atom. The van der Waals surface area contributed by atoms with Gasteiger partial charge in [-0.1, -0.05) is 0 Å². The Kier molecular flexibility index (Phi) is 8.53. The van der Waals surface area contributed by atoms with Gasteiger partial charge in [0.2, 0.25) is 11.8 Å². The van der Waals surface area contributed by atoms with Gasteiger partial charge in [0.1, 0.15) is 5.82 Å². The molecule has 148 valence electrons. The number of nitrogens with one attached hydrogen (secondary N) is 1. The number of benzene rings is 1. The molecule has 1 aliphatic heterocycles. The number of amides is 2. The Bertz CT molecular complexity index is 649. The molecule has 0 aliphatic carbocycles. The van der Waals surface area contributed by atoms with Crippen LogP contribution in [-0.2, 0) is 19.1 Å². The van der Waals surface area contributed by atoms with Crippen molar-refractivity contribution in [2.24, 2.45) is 0 Å². The first-order chi connectivity index (χ1) is 13.0. The van der Waals surface area contributed by atoms with Gasteiger partial charge >= 0.3 is 5.97 Å². The molecule has 0 saturated carbocycles. The number of halogens is 1. The number of esters is 1. The molecule has 0 unspecified atom stereocenters. The van der Waals surface area contributed by atoms with Crippen LogP contribution in [0, 0.1) is 5.82 Å². The SMILES string of the molecule is CCOC(=O)CSCC(=O)N1CCN(CC(=O)Nc2ccc(F)cc2)CC1. The number of rotatable bonds is 8. The predicted octanol–water partition coefficient (Wildman–Crippen LogP) is 1.20. The van der Waals surface area contributed by atoms with E-state index < -0.39 is 0 Å². The van der Waals surface area contributed by atoms with Gasteiger partial charge in [-0.15, -0.1) is 11.8 Å². The molecule has 1 fully saturated rings. The molecule has 1 heterocycles. The predicted molar refractivity (Wildman–Crippen MR) is 102 cm³/mol. The molecule has 0 spiro atoms. The van der Waals surface area contributed by atoms with Crippen LogP contribution in [0.25, 0.3) is 0 Å². The third-order valence-electron chi connectivity index (χ3n) is 3.97. The third-order valence-corrected chi connectivity index (χ3v) is 4.86. The average Bonchev–Trinajstić information content (AvgIpc) is 2.64. The zero-order chi connectivity index (χ0) is 19.6. The van der Waals surface area contributed by atoms with E-state index in [9.17, 15) is 18.8 Å². The Balaban J connectivity index is 1.65. The molecule has 1 aliphatic rings. The van der Waals surface area contributed by atoms with Crippen LogP contribution in [0.4, 0.5) is 10.1 Å². The number of piperazine rings is 1. The minimum Gasteiger partial charge on any atom is -0.465 e. The van der Waals surface area contributed by atoms with Crippen LogP contribution >= 0.6 is 11.8 Å². The Morgan fingerprint density at radius 2 is 1.78 bits per heavy atom. The summed E-state index contributed by atoms with van der Waals surface area (Å²) in [6.45, 7) is 4.59. The number of nitrogens with zero attached hydrogens (tertiary/aromatic N) is 2. The normalized spacial score (nSPS) is 14.7. The smallest absolute Gasteiger partial charge is 0.315 e. The van der Waals surface area contributed by atoms with E-state index in [2.05, 4.69) is 5.32 Å². The fraction of sp³-hybridized carbons (Fsp3) is 0.500. The maximum atomic E-state index is 12.9. The number of carbonyl (C=O) groups excluding carboxylic acids is 3. The monoisotopic (exact) mass is 397 g/mol. The lowest BCUT2D eigenvalue weighted by Crippen LogP contribution is -2.51. The number of ether oxygens (including phenoxy) is 1. The highest BCUT2D eigenvalue weighted by Gasteiger charge is 2.22. The van der Waals surface area contributed by atoms with Crippen LogP contribution < -0.4 is 5.32 Å². The molecular formula is C18H24FN3O4S. The van der Waals surface area contributed by atoms with Crippen LogP contribution in [0.2, 0.25) is 0 Å². The highest BCUT2D eigenvalue weighted by molar-refractivity contribution is 8.00. The van der Waals surface area contributed by atoms with E-state index in [0.717, 1.165) is 0 Å². The molecule has 2 amide bonds. The molecule has 1 saturated heterocycles. The lowest BCUT2D eigenvalue weighted by molar-refractivity contribution is -0.139. The Labute approximate surface area is 162 Å². The molecule has 7 nitrogen and oxygen atoms in total. The summed E-state index contributed by atoms with van der Waals surface area (Å²) in [5.41, 5.74) is 0.550. The largest absolute Gasteiger partial charge is 0.465 e. The molecule has 0 radical (unpaired) electrons. The van der Waals surface area contributed by atoms with E-state index in [4.69, 9.17) is 4.74 Å². The molecule has 1 N–H and O–H groups in total. The highest BCUT2D eigenvalue weighted by atomic mass is 32.2. The van der Waals surface area contributed by atoms with Crippen LogP contribution in [0.1, 0.15) is 6.92 Å². The summed E-state index contributed by atoms with van der Waals surface area (Å²) < 4.78 is 17.7. The fourth-order valence-corrected chi connectivity index (χ4v) is 3.32. The van der Waals surface area contributed by atoms with Crippen molar-refractivity contribution in [2.75, 3.05) is 56.2 Å². The first-order valence-corrected chi connectivity index (χ1v) is 9.92. The summed E-state index contributed by atoms with van der Waals surface area (Å²) in [5.74, 6) is -0.444. The van der Waals surface area contributed by atoms with E-state index in [1.165, 1.54) is 36.0 Å². The third kappa shape index (κ3) is 7.56. The van der Waals surface area contributed by atoms with Gasteiger partial charge in [0.05, 0.1) is 24.7 Å². The van der Waals surface area contributed by atoms with Crippen molar-refractivity contribution < 1.29 is 23.5 Å². The van der Waals surface area contributed by atoms with Gasteiger partial charge in [-0.3, -0.25) is 19.3 Å². The van der Waals surface area contributed by atoms with Crippen molar-refractivity contribution in [1.82, 2.24) is 9.80 Å². The highest BCUT2D eigenvalue weighted by Crippen LogP contribution is 2.10. The molecular weight excluding hydrogens is 373 g/mol. The summed E-state index contributed by atoms with van der Waals surface area (Å²) >= 11 is 1.25. The first kappa shape index (κ1) is 21.2. The maximum Gasteiger partial charge on any atom is 0.315 e. The molecule has 27 heavy (non-hydrogen) atoms. The second kappa shape index (κ2) is 10.9. The molecule has 0 aromatic heterocycles. The van der Waals surface area contributed by atoms with Crippen molar-refractivity contribution in [3.05, 3.63) is 30.1 Å². The minimum atomic E-state index is -0.353. The molecule has 9 heteroatoms. The molecule has 2 rings (SSSR count). The molecule has 1 aromatic rings. The Hall–Kier alpha value is -2.13. The number of thioether (sulfide) groups is 1. The summed E-state index contributed by atoms with van der Waals surface area (Å²) in [7, 11) is 0. The van der Waals surface area contributed by atoms with E-state index in [0.29, 0.717) is 38.5 Å². The molecule has 1 aromatic carbocycles. The average molecular weight is 397 g/mol. The summed E-state index contributed by atoms with van der Waals surface area (Å²) in [5, 5.41) is 2.72. The van der Waals surface area contributed by atoms with E-state index in [-0.39, 0.29) is 41.7 Å². The number of anilines is 1. The maximum absolute atomic E-state index is 12.9. The van der Waals surface area contributed by atoms with Gasteiger partial charge in [-0.05, 0) is 31.2 Å². The number of hydrogen-bond acceptors (Lipinski definition) is 6. The lowest BCUT2D eigenvalue weighted by atomic mass is 10.3. The first-order valence-electron chi connectivity index (χ1n) is 8.77. The van der Waals surface area contributed by atoms with Gasteiger partial charge < -0.3 is 15.0 Å². The van der Waals surface area contributed by atoms with Crippen molar-refractivity contribution in [2.45, 2.75) is 6.92 Å². The topological polar surface area (TPSA) is 79.0 Å². The van der Waals surface area contributed by atoms with E-state index in [1.54, 1.807) is 11.8 Å². The van der Waals surface area contributed by atoms with Crippen molar-refractivity contribution in [3.8, 4) is 0 Å². The van der Waals surface area contributed by atoms with Gasteiger partial charge in [0.15, 0.2) is 0 Å². The Morgan fingerprint density at radius 1 is 1.11 bits per heavy atom. The second-order valence-electron chi connectivity index (χ2n) is 6.01. The summed E-state index contributed by atoms with van der Waals surface area (Å²) in [6, 6.07) is 5.61. The van der Waals surface area contributed by atoms with Crippen molar-refractivity contribution in [3.63, 3.8) is 0 Å². The van der Waals surface area contributed by atoms with Crippen LogP contribution in [-0.4, -0.2) is 78.4 Å². The molecule has 0 atom stereocenters. The van der Waals surface area contributed by atoms with Crippen LogP contribution in [0.15, 0.2) is 24.3 Å². The number of hydrogen-bond donors (Lipinski definition) is 1. The summed E-state index contributed by atoms with van der Waals surface area (Å²) in [6.07, 6.45) is 0. The zero-order valence-electron chi connectivity index (χ0n) is 15.3. The van der Waals surface area contributed by atoms with Gasteiger partial charge in [0.25, 0.3) is 0 Å². The number of carbonyl (C=O) groups is 3. The standard InChI is InChI=1S/C18H24FN3O4S/c1-2-26-18(25)13-27-12-17(24)22-9-7-21(8-10-22)11-16(23)20-15-5-3-14(19)4-6-15/h3-6H,2,7-13H2,1H3,(H,20,23). The van der Waals surface area contributed by atoms with Gasteiger partial charge in [0, 0.05) is 31.9 Å². The van der Waals surface area contributed by atoms with E-state index in [1.807, 2.05) is 4.90 Å². The zero-order valence-corrected chi connectivity index (χ0v) is 16.1. The van der Waals surface area contributed by atoms with Crippen LogP contribution in [0.3, 0.4) is 0 Å².